The number of nitrogens with zero attached hydrogens (tertiary/aromatic N) is 2. The van der Waals surface area contributed by atoms with E-state index in [9.17, 15) is 4.79 Å². The highest BCUT2D eigenvalue weighted by atomic mass is 16.1. The first-order valence-corrected chi connectivity index (χ1v) is 3.89. The second-order valence-electron chi connectivity index (χ2n) is 1.97. The fraction of sp³-hybridized carbons (Fsp3) is 0.250. The molecular weight excluding hydrogens is 154 g/mol. The van der Waals surface area contributed by atoms with E-state index in [-0.39, 0.29) is 5.56 Å². The number of H-pyrrole nitrogens is 1. The molecule has 4 nitrogen and oxygen atoms in total. The number of nitrogens with one attached hydrogen (secondary N) is 1. The van der Waals surface area contributed by atoms with Crippen LogP contribution in [0.1, 0.15) is 13.8 Å². The molecule has 0 unspecified atom stereocenters. The SMILES string of the molecule is CC.O=c1ccn2nccc2[nH]1. The third kappa shape index (κ3) is 1.53. The Morgan fingerprint density at radius 2 is 2.17 bits per heavy atom. The summed E-state index contributed by atoms with van der Waals surface area (Å²) >= 11 is 0. The average molecular weight is 165 g/mol. The molecule has 0 aliphatic carbocycles. The molecule has 64 valence electrons. The van der Waals surface area contributed by atoms with E-state index in [2.05, 4.69) is 10.1 Å². The summed E-state index contributed by atoms with van der Waals surface area (Å²) in [5.74, 6) is 0. The highest BCUT2D eigenvalue weighted by Crippen LogP contribution is 1.90. The van der Waals surface area contributed by atoms with Crippen LogP contribution in [0.15, 0.2) is 29.3 Å². The van der Waals surface area contributed by atoms with Crippen molar-refractivity contribution in [3.05, 3.63) is 34.9 Å². The number of rotatable bonds is 0. The summed E-state index contributed by atoms with van der Waals surface area (Å²) in [5.41, 5.74) is 0.612. The van der Waals surface area contributed by atoms with Crippen LogP contribution in [0.4, 0.5) is 0 Å². The number of aromatic amines is 1. The molecule has 4 heteroatoms. The largest absolute Gasteiger partial charge is 0.307 e. The standard InChI is InChI=1S/C6H5N3O.C2H6/c10-6-2-4-9-5(8-6)1-3-7-9;1-2/h1-4H,(H,8,10);1-2H3. The minimum absolute atomic E-state index is 0.104. The topological polar surface area (TPSA) is 50.2 Å². The molecule has 0 amide bonds. The molecule has 2 heterocycles. The molecule has 0 aliphatic rings. The van der Waals surface area contributed by atoms with Gasteiger partial charge in [-0.1, -0.05) is 13.8 Å². The average Bonchev–Trinajstić information content (AvgIpc) is 2.54. The van der Waals surface area contributed by atoms with Crippen molar-refractivity contribution in [3.63, 3.8) is 0 Å². The summed E-state index contributed by atoms with van der Waals surface area (Å²) < 4.78 is 1.60. The van der Waals surface area contributed by atoms with Crippen molar-refractivity contribution in [3.8, 4) is 0 Å². The van der Waals surface area contributed by atoms with Gasteiger partial charge in [-0.05, 0) is 0 Å². The van der Waals surface area contributed by atoms with E-state index in [1.165, 1.54) is 6.07 Å². The van der Waals surface area contributed by atoms with Crippen molar-refractivity contribution < 1.29 is 0 Å². The maximum Gasteiger partial charge on any atom is 0.251 e. The molecule has 2 aromatic heterocycles. The van der Waals surface area contributed by atoms with Gasteiger partial charge in [0.2, 0.25) is 0 Å². The molecule has 0 radical (unpaired) electrons. The Hall–Kier alpha value is -1.58. The van der Waals surface area contributed by atoms with E-state index in [1.54, 1.807) is 23.0 Å². The van der Waals surface area contributed by atoms with Gasteiger partial charge in [0.15, 0.2) is 0 Å². The first-order chi connectivity index (χ1) is 5.86. The van der Waals surface area contributed by atoms with Gasteiger partial charge in [0.05, 0.1) is 6.20 Å². The zero-order valence-corrected chi connectivity index (χ0v) is 7.11. The number of fused-ring (bicyclic) bond motifs is 1. The van der Waals surface area contributed by atoms with Crippen LogP contribution in [-0.4, -0.2) is 14.6 Å². The maximum atomic E-state index is 10.7. The van der Waals surface area contributed by atoms with Gasteiger partial charge >= 0.3 is 0 Å². The number of hydrogen-bond donors (Lipinski definition) is 1. The third-order valence-electron chi connectivity index (χ3n) is 1.29. The van der Waals surface area contributed by atoms with Gasteiger partial charge in [-0.2, -0.15) is 5.10 Å². The highest BCUT2D eigenvalue weighted by molar-refractivity contribution is 5.34. The normalized spacial score (nSPS) is 9.17. The van der Waals surface area contributed by atoms with Crippen molar-refractivity contribution in [2.24, 2.45) is 0 Å². The molecule has 0 saturated carbocycles. The van der Waals surface area contributed by atoms with E-state index in [4.69, 9.17) is 0 Å². The van der Waals surface area contributed by atoms with E-state index < -0.39 is 0 Å². The van der Waals surface area contributed by atoms with Gasteiger partial charge in [-0.25, -0.2) is 4.52 Å². The number of hydrogen-bond acceptors (Lipinski definition) is 2. The van der Waals surface area contributed by atoms with Crippen LogP contribution in [0.2, 0.25) is 0 Å². The van der Waals surface area contributed by atoms with Crippen LogP contribution in [0.25, 0.3) is 5.65 Å². The minimum atomic E-state index is -0.104. The fourth-order valence-corrected chi connectivity index (χ4v) is 0.838. The summed E-state index contributed by atoms with van der Waals surface area (Å²) in [6, 6.07) is 3.17. The van der Waals surface area contributed by atoms with Gasteiger partial charge in [-0.3, -0.25) is 4.79 Å². The summed E-state index contributed by atoms with van der Waals surface area (Å²) in [6.07, 6.45) is 3.25. The zero-order chi connectivity index (χ0) is 8.97. The van der Waals surface area contributed by atoms with Gasteiger partial charge in [-0.15, -0.1) is 0 Å². The molecule has 0 aliphatic heterocycles. The van der Waals surface area contributed by atoms with Crippen molar-refractivity contribution in [1.82, 2.24) is 14.6 Å². The predicted molar refractivity (Wildman–Crippen MR) is 47.2 cm³/mol. The lowest BCUT2D eigenvalue weighted by Crippen LogP contribution is -2.05. The third-order valence-corrected chi connectivity index (χ3v) is 1.29. The Bertz CT molecular complexity index is 402. The molecule has 0 bridgehead atoms. The lowest BCUT2D eigenvalue weighted by atomic mass is 10.6. The molecular formula is C8H11N3O. The van der Waals surface area contributed by atoms with Gasteiger partial charge in [0.1, 0.15) is 5.65 Å². The van der Waals surface area contributed by atoms with Crippen molar-refractivity contribution in [2.75, 3.05) is 0 Å². The maximum absolute atomic E-state index is 10.7. The molecule has 2 aromatic rings. The van der Waals surface area contributed by atoms with Crippen LogP contribution in [-0.2, 0) is 0 Å². The molecule has 0 fully saturated rings. The quantitative estimate of drug-likeness (QED) is 0.634. The van der Waals surface area contributed by atoms with E-state index >= 15 is 0 Å². The van der Waals surface area contributed by atoms with Crippen LogP contribution in [0.3, 0.4) is 0 Å². The summed E-state index contributed by atoms with van der Waals surface area (Å²) in [5, 5.41) is 3.91. The lowest BCUT2D eigenvalue weighted by molar-refractivity contribution is 0.931. The van der Waals surface area contributed by atoms with Crippen LogP contribution >= 0.6 is 0 Å². The van der Waals surface area contributed by atoms with Crippen molar-refractivity contribution >= 4 is 5.65 Å². The van der Waals surface area contributed by atoms with E-state index in [0.29, 0.717) is 5.65 Å². The summed E-state index contributed by atoms with van der Waals surface area (Å²) in [7, 11) is 0. The van der Waals surface area contributed by atoms with E-state index in [0.717, 1.165) is 0 Å². The second kappa shape index (κ2) is 3.71. The molecule has 1 N–H and O–H groups in total. The molecule has 0 aromatic carbocycles. The Morgan fingerprint density at radius 1 is 1.42 bits per heavy atom. The highest BCUT2D eigenvalue weighted by Gasteiger charge is 1.89. The van der Waals surface area contributed by atoms with Crippen molar-refractivity contribution in [2.45, 2.75) is 13.8 Å². The second-order valence-corrected chi connectivity index (χ2v) is 1.97. The Kier molecular flexibility index (Phi) is 2.63. The molecule has 0 saturated heterocycles. The fourth-order valence-electron chi connectivity index (χ4n) is 0.838. The number of aromatic nitrogens is 3. The van der Waals surface area contributed by atoms with Crippen LogP contribution in [0.5, 0.6) is 0 Å². The monoisotopic (exact) mass is 165 g/mol. The van der Waals surface area contributed by atoms with Crippen LogP contribution in [0, 0.1) is 0 Å². The Morgan fingerprint density at radius 3 is 2.92 bits per heavy atom. The van der Waals surface area contributed by atoms with Gasteiger partial charge in [0, 0.05) is 18.3 Å². The minimum Gasteiger partial charge on any atom is -0.307 e. The first-order valence-electron chi connectivity index (χ1n) is 3.89. The Labute approximate surface area is 69.9 Å². The smallest absolute Gasteiger partial charge is 0.251 e. The summed E-state index contributed by atoms with van der Waals surface area (Å²) in [4.78, 5) is 13.3. The Balaban J connectivity index is 0.000000336. The first kappa shape index (κ1) is 8.52. The molecule has 2 rings (SSSR count). The summed E-state index contributed by atoms with van der Waals surface area (Å²) in [6.45, 7) is 4.00. The molecule has 0 atom stereocenters. The lowest BCUT2D eigenvalue weighted by Gasteiger charge is -1.87. The predicted octanol–water partition coefficient (Wildman–Crippen LogP) is 1.05. The van der Waals surface area contributed by atoms with Crippen molar-refractivity contribution in [1.29, 1.82) is 0 Å². The molecule has 0 spiro atoms. The van der Waals surface area contributed by atoms with Gasteiger partial charge in [0.25, 0.3) is 5.56 Å². The van der Waals surface area contributed by atoms with E-state index in [1.807, 2.05) is 13.8 Å². The zero-order valence-electron chi connectivity index (χ0n) is 7.11. The van der Waals surface area contributed by atoms with Crippen LogP contribution < -0.4 is 5.56 Å². The van der Waals surface area contributed by atoms with Gasteiger partial charge < -0.3 is 4.98 Å². The molecule has 12 heavy (non-hydrogen) atoms.